The molecular formula is C11H15N3O2S. The Kier molecular flexibility index (Phi) is 3.73. The van der Waals surface area contributed by atoms with E-state index in [2.05, 4.69) is 15.6 Å². The zero-order valence-corrected chi connectivity index (χ0v) is 10.5. The van der Waals surface area contributed by atoms with Gasteiger partial charge in [-0.05, 0) is 13.3 Å². The summed E-state index contributed by atoms with van der Waals surface area (Å²) in [5.74, 6) is -0.0730. The second-order valence-corrected chi connectivity index (χ2v) is 5.08. The molecule has 1 fully saturated rings. The van der Waals surface area contributed by atoms with Crippen LogP contribution in [0.2, 0.25) is 0 Å². The van der Waals surface area contributed by atoms with E-state index >= 15 is 0 Å². The smallest absolute Gasteiger partial charge is 0.225 e. The Morgan fingerprint density at radius 1 is 1.71 bits per heavy atom. The highest BCUT2D eigenvalue weighted by Crippen LogP contribution is 2.12. The Morgan fingerprint density at radius 3 is 3.12 bits per heavy atom. The number of nitrogens with zero attached hydrogens (tertiary/aromatic N) is 1. The van der Waals surface area contributed by atoms with Crippen molar-refractivity contribution < 1.29 is 9.59 Å². The zero-order valence-electron chi connectivity index (χ0n) is 9.66. The Labute approximate surface area is 104 Å². The predicted octanol–water partition coefficient (Wildman–Crippen LogP) is 0.594. The summed E-state index contributed by atoms with van der Waals surface area (Å²) in [5, 5.41) is 8.43. The third kappa shape index (κ3) is 3.26. The van der Waals surface area contributed by atoms with Crippen molar-refractivity contribution >= 4 is 23.2 Å². The molecule has 17 heavy (non-hydrogen) atoms. The van der Waals surface area contributed by atoms with Crippen molar-refractivity contribution in [2.24, 2.45) is 5.92 Å². The number of aryl methyl sites for hydroxylation is 1. The summed E-state index contributed by atoms with van der Waals surface area (Å²) >= 11 is 1.54. The second kappa shape index (κ2) is 5.27. The van der Waals surface area contributed by atoms with E-state index in [-0.39, 0.29) is 17.7 Å². The molecule has 0 aliphatic carbocycles. The standard InChI is InChI=1S/C11H15N3O2S/c1-7-6-17-10(14-7)5-13-11(16)8-2-3-9(15)12-4-8/h6,8H,2-5H2,1H3,(H,12,15)(H,13,16). The van der Waals surface area contributed by atoms with Crippen molar-refractivity contribution in [2.75, 3.05) is 6.54 Å². The van der Waals surface area contributed by atoms with E-state index in [9.17, 15) is 9.59 Å². The van der Waals surface area contributed by atoms with Crippen molar-refractivity contribution in [3.05, 3.63) is 16.1 Å². The van der Waals surface area contributed by atoms with Crippen LogP contribution in [0.15, 0.2) is 5.38 Å². The number of carbonyl (C=O) groups is 2. The molecular weight excluding hydrogens is 238 g/mol. The number of hydrogen-bond acceptors (Lipinski definition) is 4. The number of carbonyl (C=O) groups excluding carboxylic acids is 2. The van der Waals surface area contributed by atoms with E-state index < -0.39 is 0 Å². The van der Waals surface area contributed by atoms with Gasteiger partial charge in [0.25, 0.3) is 0 Å². The minimum Gasteiger partial charge on any atom is -0.355 e. The maximum absolute atomic E-state index is 11.8. The van der Waals surface area contributed by atoms with Crippen molar-refractivity contribution in [3.8, 4) is 0 Å². The first kappa shape index (κ1) is 12.0. The van der Waals surface area contributed by atoms with Crippen LogP contribution in [-0.2, 0) is 16.1 Å². The number of nitrogens with one attached hydrogen (secondary N) is 2. The molecule has 2 N–H and O–H groups in total. The van der Waals surface area contributed by atoms with Gasteiger partial charge < -0.3 is 10.6 Å². The maximum atomic E-state index is 11.8. The fraction of sp³-hybridized carbons (Fsp3) is 0.545. The van der Waals surface area contributed by atoms with Crippen LogP contribution in [0.3, 0.4) is 0 Å². The largest absolute Gasteiger partial charge is 0.355 e. The lowest BCUT2D eigenvalue weighted by atomic mass is 9.98. The monoisotopic (exact) mass is 253 g/mol. The molecule has 1 atom stereocenters. The summed E-state index contributed by atoms with van der Waals surface area (Å²) in [6.07, 6.45) is 1.07. The molecule has 2 rings (SSSR count). The summed E-state index contributed by atoms with van der Waals surface area (Å²) in [4.78, 5) is 27.0. The van der Waals surface area contributed by atoms with E-state index in [1.54, 1.807) is 11.3 Å². The molecule has 0 spiro atoms. The molecule has 1 aliphatic rings. The lowest BCUT2D eigenvalue weighted by molar-refractivity contribution is -0.129. The van der Waals surface area contributed by atoms with Crippen molar-refractivity contribution in [2.45, 2.75) is 26.3 Å². The van der Waals surface area contributed by atoms with Gasteiger partial charge in [-0.2, -0.15) is 0 Å². The highest BCUT2D eigenvalue weighted by Gasteiger charge is 2.24. The van der Waals surface area contributed by atoms with Gasteiger partial charge in [-0.3, -0.25) is 9.59 Å². The van der Waals surface area contributed by atoms with E-state index in [0.717, 1.165) is 10.7 Å². The molecule has 0 bridgehead atoms. The van der Waals surface area contributed by atoms with Crippen LogP contribution in [0, 0.1) is 12.8 Å². The number of aromatic nitrogens is 1. The van der Waals surface area contributed by atoms with Gasteiger partial charge in [0.1, 0.15) is 5.01 Å². The quantitative estimate of drug-likeness (QED) is 0.828. The maximum Gasteiger partial charge on any atom is 0.225 e. The first-order chi connectivity index (χ1) is 8.15. The third-order valence-electron chi connectivity index (χ3n) is 2.72. The van der Waals surface area contributed by atoms with Gasteiger partial charge in [-0.1, -0.05) is 0 Å². The molecule has 2 amide bonds. The summed E-state index contributed by atoms with van der Waals surface area (Å²) in [7, 11) is 0. The molecule has 6 heteroatoms. The zero-order chi connectivity index (χ0) is 12.3. The average molecular weight is 253 g/mol. The van der Waals surface area contributed by atoms with Crippen LogP contribution in [0.1, 0.15) is 23.5 Å². The van der Waals surface area contributed by atoms with E-state index in [0.29, 0.717) is 25.9 Å². The summed E-state index contributed by atoms with van der Waals surface area (Å²) in [6.45, 7) is 2.85. The Balaban J connectivity index is 1.79. The van der Waals surface area contributed by atoms with Gasteiger partial charge in [-0.15, -0.1) is 11.3 Å². The molecule has 1 aromatic rings. The summed E-state index contributed by atoms with van der Waals surface area (Å²) in [5.41, 5.74) is 0.976. The molecule has 2 heterocycles. The highest BCUT2D eigenvalue weighted by atomic mass is 32.1. The van der Waals surface area contributed by atoms with Crippen molar-refractivity contribution in [3.63, 3.8) is 0 Å². The first-order valence-electron chi connectivity index (χ1n) is 5.60. The average Bonchev–Trinajstić information content (AvgIpc) is 2.73. The van der Waals surface area contributed by atoms with Gasteiger partial charge in [0.15, 0.2) is 0 Å². The lowest BCUT2D eigenvalue weighted by Crippen LogP contribution is -2.42. The van der Waals surface area contributed by atoms with Crippen LogP contribution < -0.4 is 10.6 Å². The van der Waals surface area contributed by atoms with Gasteiger partial charge in [-0.25, -0.2) is 4.98 Å². The van der Waals surface area contributed by atoms with Crippen LogP contribution in [-0.4, -0.2) is 23.3 Å². The highest BCUT2D eigenvalue weighted by molar-refractivity contribution is 7.09. The Bertz CT molecular complexity index is 420. The van der Waals surface area contributed by atoms with Crippen molar-refractivity contribution in [1.82, 2.24) is 15.6 Å². The predicted molar refractivity (Wildman–Crippen MR) is 64.4 cm³/mol. The minimum atomic E-state index is -0.103. The lowest BCUT2D eigenvalue weighted by Gasteiger charge is -2.21. The van der Waals surface area contributed by atoms with E-state index in [1.807, 2.05) is 12.3 Å². The second-order valence-electron chi connectivity index (χ2n) is 4.14. The van der Waals surface area contributed by atoms with Crippen LogP contribution in [0.5, 0.6) is 0 Å². The summed E-state index contributed by atoms with van der Waals surface area (Å²) < 4.78 is 0. The molecule has 0 aromatic carbocycles. The van der Waals surface area contributed by atoms with Gasteiger partial charge in [0.05, 0.1) is 12.5 Å². The number of amides is 2. The number of piperidine rings is 1. The SMILES string of the molecule is Cc1csc(CNC(=O)C2CCC(=O)NC2)n1. The van der Waals surface area contributed by atoms with E-state index in [1.165, 1.54) is 0 Å². The minimum absolute atomic E-state index is 0.00199. The molecule has 5 nitrogen and oxygen atoms in total. The fourth-order valence-electron chi connectivity index (χ4n) is 1.75. The number of hydrogen-bond donors (Lipinski definition) is 2. The normalized spacial score (nSPS) is 19.8. The molecule has 0 saturated carbocycles. The Morgan fingerprint density at radius 2 is 2.53 bits per heavy atom. The van der Waals surface area contributed by atoms with Gasteiger partial charge >= 0.3 is 0 Å². The summed E-state index contributed by atoms with van der Waals surface area (Å²) in [6, 6.07) is 0. The first-order valence-corrected chi connectivity index (χ1v) is 6.48. The van der Waals surface area contributed by atoms with Crippen molar-refractivity contribution in [1.29, 1.82) is 0 Å². The van der Waals surface area contributed by atoms with Crippen LogP contribution in [0.25, 0.3) is 0 Å². The van der Waals surface area contributed by atoms with Crippen LogP contribution in [0.4, 0.5) is 0 Å². The van der Waals surface area contributed by atoms with Gasteiger partial charge in [0, 0.05) is 24.0 Å². The molecule has 1 aromatic heterocycles. The molecule has 92 valence electrons. The van der Waals surface area contributed by atoms with Crippen LogP contribution >= 0.6 is 11.3 Å². The van der Waals surface area contributed by atoms with Gasteiger partial charge in [0.2, 0.25) is 11.8 Å². The molecule has 1 aliphatic heterocycles. The molecule has 0 radical (unpaired) electrons. The molecule has 1 unspecified atom stereocenters. The topological polar surface area (TPSA) is 71.1 Å². The molecule has 1 saturated heterocycles. The Hall–Kier alpha value is -1.43. The number of thiazole rings is 1. The third-order valence-corrected chi connectivity index (χ3v) is 3.68. The number of rotatable bonds is 3. The van der Waals surface area contributed by atoms with E-state index in [4.69, 9.17) is 0 Å². The fourth-order valence-corrected chi connectivity index (χ4v) is 2.46.